The molecule has 0 saturated carbocycles. The summed E-state index contributed by atoms with van der Waals surface area (Å²) in [6.07, 6.45) is 3.62. The van der Waals surface area contributed by atoms with Crippen LogP contribution in [-0.4, -0.2) is 130 Å². The topological polar surface area (TPSA) is 188 Å². The highest BCUT2D eigenvalue weighted by Gasteiger charge is 2.46. The van der Waals surface area contributed by atoms with Gasteiger partial charge in [0.25, 0.3) is 23.6 Å². The minimum absolute atomic E-state index is 0.0110. The lowest BCUT2D eigenvalue weighted by Gasteiger charge is -2.43. The van der Waals surface area contributed by atoms with E-state index < -0.39 is 47.4 Å². The molecule has 6 amide bonds. The molecule has 9 rings (SSSR count). The third kappa shape index (κ3) is 7.81. The van der Waals surface area contributed by atoms with Crippen molar-refractivity contribution in [2.75, 3.05) is 67.9 Å². The number of carbonyl (C=O) groups is 6. The molecular weight excluding hydrogens is 806 g/mol. The van der Waals surface area contributed by atoms with E-state index in [2.05, 4.69) is 35.6 Å². The molecule has 4 N–H and O–H groups in total. The van der Waals surface area contributed by atoms with Crippen LogP contribution in [0, 0.1) is 5.82 Å². The Balaban J connectivity index is 0.768. The fourth-order valence-electron chi connectivity index (χ4n) is 9.22. The molecule has 316 valence electrons. The number of nitrogens with zero attached hydrogens (tertiary/aromatic N) is 6. The van der Waals surface area contributed by atoms with Crippen LogP contribution in [0.5, 0.6) is 5.75 Å². The molecule has 4 aromatic rings. The number of hydrogen-bond acceptors (Lipinski definition) is 13. The van der Waals surface area contributed by atoms with Gasteiger partial charge in [-0.1, -0.05) is 12.1 Å². The fourth-order valence-corrected chi connectivity index (χ4v) is 9.75. The highest BCUT2D eigenvalue weighted by Crippen LogP contribution is 2.38. The van der Waals surface area contributed by atoms with Crippen LogP contribution in [0.2, 0.25) is 0 Å². The number of aromatic nitrogens is 1. The van der Waals surface area contributed by atoms with Crippen molar-refractivity contribution < 1.29 is 38.3 Å². The number of halogens is 1. The van der Waals surface area contributed by atoms with E-state index >= 15 is 0 Å². The first-order chi connectivity index (χ1) is 29.5. The van der Waals surface area contributed by atoms with Crippen molar-refractivity contribution in [3.8, 4) is 5.75 Å². The van der Waals surface area contributed by atoms with Crippen molar-refractivity contribution in [2.45, 2.75) is 50.4 Å². The van der Waals surface area contributed by atoms with Crippen molar-refractivity contribution in [1.29, 1.82) is 0 Å². The smallest absolute Gasteiger partial charge is 0.264 e. The molecule has 0 radical (unpaired) electrons. The van der Waals surface area contributed by atoms with Crippen LogP contribution in [-0.2, 0) is 20.9 Å². The van der Waals surface area contributed by atoms with E-state index in [9.17, 15) is 38.3 Å². The van der Waals surface area contributed by atoms with E-state index in [1.807, 2.05) is 18.2 Å². The van der Waals surface area contributed by atoms with E-state index in [1.165, 1.54) is 28.5 Å². The van der Waals surface area contributed by atoms with Crippen LogP contribution in [0.4, 0.5) is 20.9 Å². The molecule has 2 unspecified atom stereocenters. The number of aromatic hydroxyl groups is 1. The summed E-state index contributed by atoms with van der Waals surface area (Å²) in [6, 6.07) is 12.3. The van der Waals surface area contributed by atoms with Gasteiger partial charge in [0.05, 0.1) is 11.1 Å². The number of amides is 6. The maximum Gasteiger partial charge on any atom is 0.264 e. The number of fused-ring (bicyclic) bond motifs is 2. The summed E-state index contributed by atoms with van der Waals surface area (Å²) in [5, 5.41) is 21.0. The van der Waals surface area contributed by atoms with Gasteiger partial charge in [-0.3, -0.25) is 54.1 Å². The van der Waals surface area contributed by atoms with E-state index in [0.29, 0.717) is 29.0 Å². The number of phenolic OH excluding ortho intramolecular Hbond substituents is 1. The Labute approximate surface area is 354 Å². The Bertz CT molecular complexity index is 2420. The molecule has 5 aliphatic heterocycles. The van der Waals surface area contributed by atoms with Crippen molar-refractivity contribution >= 4 is 63.3 Å². The summed E-state index contributed by atoms with van der Waals surface area (Å²) in [5.74, 6) is -4.03. The van der Waals surface area contributed by atoms with Crippen LogP contribution >= 0.6 is 11.3 Å². The maximum atomic E-state index is 14.4. The molecule has 2 atom stereocenters. The third-order valence-corrected chi connectivity index (χ3v) is 13.1. The van der Waals surface area contributed by atoms with Gasteiger partial charge in [-0.25, -0.2) is 9.37 Å². The number of anilines is 3. The number of imide groups is 2. The first-order valence-corrected chi connectivity index (χ1v) is 21.3. The van der Waals surface area contributed by atoms with Crippen LogP contribution < -0.4 is 20.9 Å². The molecule has 16 nitrogen and oxygen atoms in total. The Morgan fingerprint density at radius 1 is 0.918 bits per heavy atom. The first kappa shape index (κ1) is 40.2. The van der Waals surface area contributed by atoms with Crippen molar-refractivity contribution in [3.05, 3.63) is 99.8 Å². The molecule has 18 heteroatoms. The van der Waals surface area contributed by atoms with Crippen molar-refractivity contribution in [3.63, 3.8) is 0 Å². The third-order valence-electron chi connectivity index (χ3n) is 12.4. The van der Waals surface area contributed by atoms with Gasteiger partial charge in [0, 0.05) is 105 Å². The zero-order valence-corrected chi connectivity index (χ0v) is 34.0. The summed E-state index contributed by atoms with van der Waals surface area (Å²) in [7, 11) is 0. The van der Waals surface area contributed by atoms with Crippen LogP contribution in [0.3, 0.4) is 0 Å². The largest absolute Gasteiger partial charge is 0.508 e. The number of nitrogens with one attached hydrogen (secondary N) is 3. The summed E-state index contributed by atoms with van der Waals surface area (Å²) >= 11 is 1.21. The number of piperazine rings is 1. The predicted octanol–water partition coefficient (Wildman–Crippen LogP) is 3.42. The lowest BCUT2D eigenvalue weighted by molar-refractivity contribution is -0.136. The Morgan fingerprint density at radius 2 is 1.72 bits per heavy atom. The van der Waals surface area contributed by atoms with Gasteiger partial charge in [0.2, 0.25) is 11.8 Å². The molecule has 61 heavy (non-hydrogen) atoms. The molecular formula is C43H44FN9O7S. The van der Waals surface area contributed by atoms with E-state index in [-0.39, 0.29) is 47.7 Å². The van der Waals surface area contributed by atoms with Gasteiger partial charge in [-0.15, -0.1) is 11.3 Å². The highest BCUT2D eigenvalue weighted by atomic mass is 32.1. The summed E-state index contributed by atoms with van der Waals surface area (Å²) in [4.78, 5) is 92.1. The number of benzene rings is 3. The van der Waals surface area contributed by atoms with Crippen LogP contribution in [0.1, 0.15) is 73.9 Å². The van der Waals surface area contributed by atoms with Gasteiger partial charge in [-0.2, -0.15) is 0 Å². The number of carbonyl (C=O) groups excluding carboxylic acids is 6. The van der Waals surface area contributed by atoms with E-state index in [1.54, 1.807) is 23.6 Å². The zero-order valence-electron chi connectivity index (χ0n) is 33.1. The van der Waals surface area contributed by atoms with Crippen molar-refractivity contribution in [2.24, 2.45) is 0 Å². The Kier molecular flexibility index (Phi) is 11.0. The van der Waals surface area contributed by atoms with Crippen LogP contribution in [0.15, 0.2) is 66.2 Å². The van der Waals surface area contributed by atoms with Gasteiger partial charge in [0.1, 0.15) is 23.7 Å². The Morgan fingerprint density at radius 3 is 2.48 bits per heavy atom. The average Bonchev–Trinajstić information content (AvgIpc) is 3.96. The van der Waals surface area contributed by atoms with E-state index in [4.69, 9.17) is 0 Å². The monoisotopic (exact) mass is 849 g/mol. The predicted molar refractivity (Wildman–Crippen MR) is 223 cm³/mol. The summed E-state index contributed by atoms with van der Waals surface area (Å²) < 4.78 is 14.4. The molecule has 0 bridgehead atoms. The normalized spacial score (nSPS) is 20.5. The molecule has 3 aromatic carbocycles. The summed E-state index contributed by atoms with van der Waals surface area (Å²) in [5.41, 5.74) is 3.17. The standard InChI is InChI=1S/C43H44FN9O7S/c44-26-5-8-34(54)31(22-26)37(39(57)48-43-46-13-21-61-43)52-24-25-4-6-28(23-30(25)40(52)58)50-14-10-27(11-15-50)51-19-17-49(18-20-51)16-12-45-32-3-1-2-29-36(32)42(60)53(41(29)59)33-7-9-35(55)47-38(33)56/h1-6,8,13,21-23,27,33,37,45,54H,7,9-12,14-20,24H2,(H,46,48,57)(H,47,55,56). The molecule has 0 spiro atoms. The van der Waals surface area contributed by atoms with Crippen LogP contribution in [0.25, 0.3) is 0 Å². The maximum absolute atomic E-state index is 14.4. The number of hydrogen-bond donors (Lipinski definition) is 4. The zero-order chi connectivity index (χ0) is 42.4. The molecule has 0 aliphatic carbocycles. The number of phenols is 1. The molecule has 3 saturated heterocycles. The summed E-state index contributed by atoms with van der Waals surface area (Å²) in [6.45, 7) is 6.64. The molecule has 6 heterocycles. The van der Waals surface area contributed by atoms with Crippen molar-refractivity contribution in [1.82, 2.24) is 29.9 Å². The average molecular weight is 850 g/mol. The second-order valence-corrected chi connectivity index (χ2v) is 16.8. The van der Waals surface area contributed by atoms with E-state index in [0.717, 1.165) is 86.9 Å². The Hall–Kier alpha value is -6.24. The fraction of sp³-hybridized carbons (Fsp3) is 0.372. The number of piperidine rings is 2. The molecule has 1 aromatic heterocycles. The minimum atomic E-state index is -1.29. The minimum Gasteiger partial charge on any atom is -0.508 e. The number of rotatable bonds is 11. The quantitative estimate of drug-likeness (QED) is 0.162. The highest BCUT2D eigenvalue weighted by molar-refractivity contribution is 7.13. The SMILES string of the molecule is O=C1CCC(N2C(=O)c3cccc(NCCN4CCN(C5CCN(c6ccc7c(c6)C(=O)N(C(C(=O)Nc6nccs6)c6cc(F)ccc6O)C7)CC5)CC4)c3C2=O)C(=O)N1. The van der Waals surface area contributed by atoms with Gasteiger partial charge in [0.15, 0.2) is 5.13 Å². The van der Waals surface area contributed by atoms with Gasteiger partial charge in [-0.05, 0) is 67.3 Å². The van der Waals surface area contributed by atoms with Gasteiger partial charge >= 0.3 is 0 Å². The van der Waals surface area contributed by atoms with Gasteiger partial charge < -0.3 is 20.2 Å². The molecule has 3 fully saturated rings. The second kappa shape index (κ2) is 16.7. The number of thiazole rings is 1. The molecule has 5 aliphatic rings. The lowest BCUT2D eigenvalue weighted by atomic mass is 10.0. The lowest BCUT2D eigenvalue weighted by Crippen LogP contribution is -2.54. The first-order valence-electron chi connectivity index (χ1n) is 20.5. The second-order valence-electron chi connectivity index (χ2n) is 15.9.